The first kappa shape index (κ1) is 17.8. The molecule has 27 heavy (non-hydrogen) atoms. The molecule has 0 atom stereocenters. The minimum absolute atomic E-state index is 0.0876. The van der Waals surface area contributed by atoms with Crippen LogP contribution in [0.1, 0.15) is 16.8 Å². The minimum atomic E-state index is -3.37. The van der Waals surface area contributed by atoms with Gasteiger partial charge in [0.1, 0.15) is 0 Å². The predicted octanol–water partition coefficient (Wildman–Crippen LogP) is 2.50. The number of rotatable bonds is 4. The first-order valence-electron chi connectivity index (χ1n) is 8.76. The fourth-order valence-corrected chi connectivity index (χ4v) is 3.75. The quantitative estimate of drug-likeness (QED) is 0.648. The molecule has 0 fully saturated rings. The van der Waals surface area contributed by atoms with Crippen molar-refractivity contribution < 1.29 is 8.42 Å². The molecule has 0 radical (unpaired) electrons. The number of pyridine rings is 1. The number of fused-ring (bicyclic) bond motifs is 1. The molecule has 0 spiro atoms. The van der Waals surface area contributed by atoms with Crippen LogP contribution in [-0.2, 0) is 29.3 Å². The monoisotopic (exact) mass is 380 g/mol. The van der Waals surface area contributed by atoms with Crippen molar-refractivity contribution in [1.29, 1.82) is 0 Å². The van der Waals surface area contributed by atoms with Gasteiger partial charge in [0.2, 0.25) is 15.0 Å². The molecule has 0 unspecified atom stereocenters. The van der Waals surface area contributed by atoms with E-state index in [-0.39, 0.29) is 5.16 Å². The van der Waals surface area contributed by atoms with E-state index in [4.69, 9.17) is 0 Å². The summed E-state index contributed by atoms with van der Waals surface area (Å²) in [5, 5.41) is -0.0876. The van der Waals surface area contributed by atoms with Gasteiger partial charge in [-0.25, -0.2) is 18.4 Å². The molecule has 138 valence electrons. The zero-order chi connectivity index (χ0) is 18.9. The van der Waals surface area contributed by atoms with Crippen LogP contribution in [0.15, 0.2) is 60.0 Å². The lowest BCUT2D eigenvalue weighted by Crippen LogP contribution is -2.31. The normalized spacial score (nSPS) is 14.7. The Morgan fingerprint density at radius 2 is 1.85 bits per heavy atom. The Kier molecular flexibility index (Phi) is 4.72. The molecule has 7 heteroatoms. The number of hydrogen-bond donors (Lipinski definition) is 0. The van der Waals surface area contributed by atoms with Gasteiger partial charge in [-0.3, -0.25) is 9.88 Å². The molecule has 0 saturated carbocycles. The van der Waals surface area contributed by atoms with Gasteiger partial charge in [-0.05, 0) is 11.6 Å². The van der Waals surface area contributed by atoms with E-state index in [1.165, 1.54) is 0 Å². The Labute approximate surface area is 158 Å². The fourth-order valence-electron chi connectivity index (χ4n) is 3.23. The predicted molar refractivity (Wildman–Crippen MR) is 103 cm³/mol. The number of sulfone groups is 1. The minimum Gasteiger partial charge on any atom is -0.294 e. The van der Waals surface area contributed by atoms with Gasteiger partial charge in [-0.2, -0.15) is 0 Å². The lowest BCUT2D eigenvalue weighted by Gasteiger charge is -2.27. The molecule has 1 aliphatic heterocycles. The van der Waals surface area contributed by atoms with Crippen LogP contribution in [0.4, 0.5) is 0 Å². The van der Waals surface area contributed by atoms with E-state index in [0.717, 1.165) is 53.8 Å². The van der Waals surface area contributed by atoms with Crippen LogP contribution in [0.3, 0.4) is 0 Å². The average molecular weight is 380 g/mol. The second kappa shape index (κ2) is 7.17. The van der Waals surface area contributed by atoms with Gasteiger partial charge >= 0.3 is 0 Å². The van der Waals surface area contributed by atoms with E-state index in [2.05, 4.69) is 25.9 Å². The third-order valence-electron chi connectivity index (χ3n) is 4.62. The van der Waals surface area contributed by atoms with E-state index in [1.807, 2.05) is 42.6 Å². The van der Waals surface area contributed by atoms with Crippen LogP contribution >= 0.6 is 0 Å². The maximum atomic E-state index is 11.6. The highest BCUT2D eigenvalue weighted by molar-refractivity contribution is 7.90. The second-order valence-corrected chi connectivity index (χ2v) is 8.68. The molecule has 4 rings (SSSR count). The van der Waals surface area contributed by atoms with Crippen molar-refractivity contribution in [1.82, 2.24) is 19.9 Å². The van der Waals surface area contributed by atoms with Crippen LogP contribution in [0, 0.1) is 0 Å². The fraction of sp³-hybridized carbons (Fsp3) is 0.250. The lowest BCUT2D eigenvalue weighted by molar-refractivity contribution is 0.242. The second-order valence-electron chi connectivity index (χ2n) is 6.78. The third-order valence-corrected chi connectivity index (χ3v) is 5.48. The zero-order valence-corrected chi connectivity index (χ0v) is 15.9. The van der Waals surface area contributed by atoms with Gasteiger partial charge in [0.25, 0.3) is 0 Å². The number of benzene rings is 1. The molecule has 3 heterocycles. The Bertz CT molecular complexity index is 1050. The smallest absolute Gasteiger partial charge is 0.246 e. The maximum Gasteiger partial charge on any atom is 0.246 e. The SMILES string of the molecule is CS(=O)(=O)c1ncc2c(n1)CCN(Cc1ccc(-c3ccccc3)nc1)C2. The van der Waals surface area contributed by atoms with Gasteiger partial charge in [-0.1, -0.05) is 36.4 Å². The first-order chi connectivity index (χ1) is 13.0. The summed E-state index contributed by atoms with van der Waals surface area (Å²) >= 11 is 0. The highest BCUT2D eigenvalue weighted by atomic mass is 32.2. The standard InChI is InChI=1S/C20H20N4O2S/c1-27(25,26)20-22-12-17-14-24(10-9-19(17)23-20)13-15-7-8-18(21-11-15)16-5-3-2-4-6-16/h2-8,11-12H,9-10,13-14H2,1H3. The van der Waals surface area contributed by atoms with Crippen molar-refractivity contribution >= 4 is 9.84 Å². The van der Waals surface area contributed by atoms with Crippen LogP contribution in [0.2, 0.25) is 0 Å². The summed E-state index contributed by atoms with van der Waals surface area (Å²) in [5.74, 6) is 0. The van der Waals surface area contributed by atoms with Crippen molar-refractivity contribution in [2.75, 3.05) is 12.8 Å². The lowest BCUT2D eigenvalue weighted by atomic mass is 10.1. The van der Waals surface area contributed by atoms with E-state index in [1.54, 1.807) is 6.20 Å². The highest BCUT2D eigenvalue weighted by Crippen LogP contribution is 2.21. The summed E-state index contributed by atoms with van der Waals surface area (Å²) in [6.45, 7) is 2.32. The van der Waals surface area contributed by atoms with Crippen molar-refractivity contribution in [2.45, 2.75) is 24.7 Å². The summed E-state index contributed by atoms with van der Waals surface area (Å²) in [6, 6.07) is 14.3. The van der Waals surface area contributed by atoms with E-state index in [9.17, 15) is 8.42 Å². The van der Waals surface area contributed by atoms with Gasteiger partial charge in [0.15, 0.2) is 0 Å². The van der Waals surface area contributed by atoms with Crippen LogP contribution in [-0.4, -0.2) is 41.1 Å². The summed E-state index contributed by atoms with van der Waals surface area (Å²) < 4.78 is 23.2. The molecule has 1 aliphatic rings. The number of aromatic nitrogens is 3. The van der Waals surface area contributed by atoms with Crippen molar-refractivity contribution in [3.05, 3.63) is 71.7 Å². The van der Waals surface area contributed by atoms with Crippen LogP contribution in [0.25, 0.3) is 11.3 Å². The van der Waals surface area contributed by atoms with E-state index < -0.39 is 9.84 Å². The molecule has 0 amide bonds. The molecule has 0 saturated heterocycles. The Morgan fingerprint density at radius 3 is 2.56 bits per heavy atom. The average Bonchev–Trinajstić information content (AvgIpc) is 2.68. The van der Waals surface area contributed by atoms with Crippen molar-refractivity contribution in [2.24, 2.45) is 0 Å². The molecule has 0 N–H and O–H groups in total. The van der Waals surface area contributed by atoms with Crippen LogP contribution < -0.4 is 0 Å². The van der Waals surface area contributed by atoms with Crippen molar-refractivity contribution in [3.63, 3.8) is 0 Å². The first-order valence-corrected chi connectivity index (χ1v) is 10.7. The number of hydrogen-bond acceptors (Lipinski definition) is 6. The molecule has 6 nitrogen and oxygen atoms in total. The molecule has 2 aromatic heterocycles. The number of nitrogens with zero attached hydrogens (tertiary/aromatic N) is 4. The maximum absolute atomic E-state index is 11.6. The Balaban J connectivity index is 1.46. The third kappa shape index (κ3) is 4.04. The Morgan fingerprint density at radius 1 is 1.04 bits per heavy atom. The Hall–Kier alpha value is -2.64. The molecular formula is C20H20N4O2S. The van der Waals surface area contributed by atoms with Crippen molar-refractivity contribution in [3.8, 4) is 11.3 Å². The summed E-state index contributed by atoms with van der Waals surface area (Å²) in [5.41, 5.74) is 5.04. The summed E-state index contributed by atoms with van der Waals surface area (Å²) in [7, 11) is -3.37. The molecule has 3 aromatic rings. The molecule has 0 aliphatic carbocycles. The van der Waals surface area contributed by atoms with E-state index in [0.29, 0.717) is 6.54 Å². The van der Waals surface area contributed by atoms with Gasteiger partial charge in [0, 0.05) is 55.8 Å². The van der Waals surface area contributed by atoms with Gasteiger partial charge < -0.3 is 0 Å². The van der Waals surface area contributed by atoms with E-state index >= 15 is 0 Å². The zero-order valence-electron chi connectivity index (χ0n) is 15.0. The van der Waals surface area contributed by atoms with Crippen LogP contribution in [0.5, 0.6) is 0 Å². The summed E-state index contributed by atoms with van der Waals surface area (Å²) in [4.78, 5) is 15.1. The summed E-state index contributed by atoms with van der Waals surface area (Å²) in [6.07, 6.45) is 5.41. The highest BCUT2D eigenvalue weighted by Gasteiger charge is 2.21. The molecule has 0 bridgehead atoms. The molecular weight excluding hydrogens is 360 g/mol. The van der Waals surface area contributed by atoms with Gasteiger partial charge in [0.05, 0.1) is 11.4 Å². The topological polar surface area (TPSA) is 76.1 Å². The van der Waals surface area contributed by atoms with Gasteiger partial charge in [-0.15, -0.1) is 0 Å². The largest absolute Gasteiger partial charge is 0.294 e. The molecule has 1 aromatic carbocycles.